The third-order valence-corrected chi connectivity index (χ3v) is 3.32. The average Bonchev–Trinajstić information content (AvgIpc) is 2.78. The number of aromatic nitrogens is 3. The van der Waals surface area contributed by atoms with E-state index in [1.807, 2.05) is 37.2 Å². The largest absolute Gasteiger partial charge is 0.313 e. The van der Waals surface area contributed by atoms with Gasteiger partial charge in [-0.3, -0.25) is 9.67 Å². The van der Waals surface area contributed by atoms with Crippen LogP contribution in [0.4, 0.5) is 0 Å². The number of nitrogens with one attached hydrogen (secondary N) is 1. The van der Waals surface area contributed by atoms with Gasteiger partial charge in [-0.2, -0.15) is 5.10 Å². The minimum absolute atomic E-state index is 0.237. The zero-order valence-electron chi connectivity index (χ0n) is 10.6. The standard InChI is InChI=1S/C13H17ClN4/c1-15-13(11-5-6-16-8-12(11)14)4-3-10-7-17-18(2)9-10/h5-9,13,15H,3-4H2,1-2H3. The molecule has 1 N–H and O–H groups in total. The Labute approximate surface area is 112 Å². The van der Waals surface area contributed by atoms with E-state index in [4.69, 9.17) is 11.6 Å². The summed E-state index contributed by atoms with van der Waals surface area (Å²) >= 11 is 6.16. The topological polar surface area (TPSA) is 42.7 Å². The molecule has 2 heterocycles. The molecule has 96 valence electrons. The molecule has 18 heavy (non-hydrogen) atoms. The van der Waals surface area contributed by atoms with Crippen LogP contribution in [0.3, 0.4) is 0 Å². The molecule has 0 aromatic carbocycles. The fourth-order valence-corrected chi connectivity index (χ4v) is 2.29. The minimum atomic E-state index is 0.237. The van der Waals surface area contributed by atoms with Gasteiger partial charge in [0.05, 0.1) is 11.2 Å². The fraction of sp³-hybridized carbons (Fsp3) is 0.385. The highest BCUT2D eigenvalue weighted by atomic mass is 35.5. The van der Waals surface area contributed by atoms with Gasteiger partial charge in [0.2, 0.25) is 0 Å². The van der Waals surface area contributed by atoms with E-state index in [1.165, 1.54) is 5.56 Å². The van der Waals surface area contributed by atoms with Crippen LogP contribution in [0.15, 0.2) is 30.9 Å². The molecule has 0 fully saturated rings. The molecule has 5 heteroatoms. The molecule has 0 aliphatic carbocycles. The van der Waals surface area contributed by atoms with E-state index in [9.17, 15) is 0 Å². The maximum Gasteiger partial charge on any atom is 0.0637 e. The first-order chi connectivity index (χ1) is 8.70. The summed E-state index contributed by atoms with van der Waals surface area (Å²) in [6.45, 7) is 0. The third-order valence-electron chi connectivity index (χ3n) is 3.01. The van der Waals surface area contributed by atoms with Crippen LogP contribution in [0.1, 0.15) is 23.6 Å². The van der Waals surface area contributed by atoms with Crippen molar-refractivity contribution in [2.75, 3.05) is 7.05 Å². The summed E-state index contributed by atoms with van der Waals surface area (Å²) in [6.07, 6.45) is 9.35. The van der Waals surface area contributed by atoms with Gasteiger partial charge in [-0.05, 0) is 37.1 Å². The van der Waals surface area contributed by atoms with Crippen LogP contribution < -0.4 is 5.32 Å². The molecule has 0 radical (unpaired) electrons. The second-order valence-electron chi connectivity index (χ2n) is 4.30. The van der Waals surface area contributed by atoms with Crippen molar-refractivity contribution >= 4 is 11.6 Å². The van der Waals surface area contributed by atoms with E-state index < -0.39 is 0 Å². The molecule has 0 bridgehead atoms. The van der Waals surface area contributed by atoms with Gasteiger partial charge in [-0.15, -0.1) is 0 Å². The number of aryl methyl sites for hydroxylation is 2. The SMILES string of the molecule is CNC(CCc1cnn(C)c1)c1ccncc1Cl. The van der Waals surface area contributed by atoms with E-state index in [1.54, 1.807) is 12.4 Å². The van der Waals surface area contributed by atoms with Gasteiger partial charge in [0.25, 0.3) is 0 Å². The number of hydrogen-bond acceptors (Lipinski definition) is 3. The molecule has 1 atom stereocenters. The fourth-order valence-electron chi connectivity index (χ4n) is 2.04. The van der Waals surface area contributed by atoms with E-state index in [0.29, 0.717) is 5.02 Å². The Kier molecular flexibility index (Phi) is 4.33. The highest BCUT2D eigenvalue weighted by molar-refractivity contribution is 6.31. The molecule has 2 aromatic heterocycles. The minimum Gasteiger partial charge on any atom is -0.313 e. The number of rotatable bonds is 5. The van der Waals surface area contributed by atoms with Gasteiger partial charge < -0.3 is 5.32 Å². The summed E-state index contributed by atoms with van der Waals surface area (Å²) < 4.78 is 1.82. The molecule has 0 aliphatic rings. The van der Waals surface area contributed by atoms with E-state index in [2.05, 4.69) is 15.4 Å². The summed E-state index contributed by atoms with van der Waals surface area (Å²) in [4.78, 5) is 4.01. The number of pyridine rings is 1. The summed E-state index contributed by atoms with van der Waals surface area (Å²) in [5, 5.41) is 8.18. The molecule has 0 saturated heterocycles. The lowest BCUT2D eigenvalue weighted by molar-refractivity contribution is 0.549. The monoisotopic (exact) mass is 264 g/mol. The van der Waals surface area contributed by atoms with Crippen LogP contribution >= 0.6 is 11.6 Å². The molecule has 2 aromatic rings. The van der Waals surface area contributed by atoms with Crippen LogP contribution in [-0.4, -0.2) is 21.8 Å². The van der Waals surface area contributed by atoms with E-state index >= 15 is 0 Å². The van der Waals surface area contributed by atoms with Crippen LogP contribution in [0, 0.1) is 0 Å². The summed E-state index contributed by atoms with van der Waals surface area (Å²) in [5.74, 6) is 0. The second kappa shape index (κ2) is 5.98. The van der Waals surface area contributed by atoms with Gasteiger partial charge >= 0.3 is 0 Å². The van der Waals surface area contributed by atoms with Gasteiger partial charge in [0.1, 0.15) is 0 Å². The first-order valence-electron chi connectivity index (χ1n) is 5.95. The molecule has 4 nitrogen and oxygen atoms in total. The summed E-state index contributed by atoms with van der Waals surface area (Å²) in [7, 11) is 3.88. The average molecular weight is 265 g/mol. The number of halogens is 1. The normalized spacial score (nSPS) is 12.6. The van der Waals surface area contributed by atoms with Crippen molar-refractivity contribution in [3.63, 3.8) is 0 Å². The first-order valence-corrected chi connectivity index (χ1v) is 6.32. The van der Waals surface area contributed by atoms with Crippen molar-refractivity contribution in [3.05, 3.63) is 47.0 Å². The number of hydrogen-bond donors (Lipinski definition) is 1. The maximum atomic E-state index is 6.16. The lowest BCUT2D eigenvalue weighted by Crippen LogP contribution is -2.17. The number of nitrogens with zero attached hydrogens (tertiary/aromatic N) is 3. The van der Waals surface area contributed by atoms with Crippen molar-refractivity contribution in [3.8, 4) is 0 Å². The zero-order valence-corrected chi connectivity index (χ0v) is 11.4. The predicted molar refractivity (Wildman–Crippen MR) is 72.6 cm³/mol. The zero-order chi connectivity index (χ0) is 13.0. The van der Waals surface area contributed by atoms with Gasteiger partial charge in [-0.25, -0.2) is 0 Å². The Morgan fingerprint density at radius 1 is 1.44 bits per heavy atom. The molecular weight excluding hydrogens is 248 g/mol. The molecule has 2 rings (SSSR count). The Morgan fingerprint density at radius 3 is 2.89 bits per heavy atom. The van der Waals surface area contributed by atoms with Crippen LogP contribution in [0.25, 0.3) is 0 Å². The van der Waals surface area contributed by atoms with Gasteiger partial charge in [-0.1, -0.05) is 11.6 Å². The van der Waals surface area contributed by atoms with E-state index in [-0.39, 0.29) is 6.04 Å². The van der Waals surface area contributed by atoms with Crippen LogP contribution in [0.5, 0.6) is 0 Å². The van der Waals surface area contributed by atoms with E-state index in [0.717, 1.165) is 18.4 Å². The molecule has 0 spiro atoms. The molecular formula is C13H17ClN4. The van der Waals surface area contributed by atoms with Gasteiger partial charge in [0, 0.05) is 31.7 Å². The Hall–Kier alpha value is -1.39. The van der Waals surface area contributed by atoms with Crippen molar-refractivity contribution in [1.82, 2.24) is 20.1 Å². The van der Waals surface area contributed by atoms with Crippen molar-refractivity contribution in [2.24, 2.45) is 7.05 Å². The molecule has 1 unspecified atom stereocenters. The lowest BCUT2D eigenvalue weighted by Gasteiger charge is -2.17. The molecule has 0 amide bonds. The lowest BCUT2D eigenvalue weighted by atomic mass is 10.0. The van der Waals surface area contributed by atoms with Crippen molar-refractivity contribution in [1.29, 1.82) is 0 Å². The third kappa shape index (κ3) is 3.09. The highest BCUT2D eigenvalue weighted by Gasteiger charge is 2.13. The van der Waals surface area contributed by atoms with Crippen molar-refractivity contribution < 1.29 is 0 Å². The first kappa shape index (κ1) is 13.1. The van der Waals surface area contributed by atoms with Crippen molar-refractivity contribution in [2.45, 2.75) is 18.9 Å². The van der Waals surface area contributed by atoms with Crippen LogP contribution in [-0.2, 0) is 13.5 Å². The highest BCUT2D eigenvalue weighted by Crippen LogP contribution is 2.25. The summed E-state index contributed by atoms with van der Waals surface area (Å²) in [5.41, 5.74) is 2.33. The molecule has 0 aliphatic heterocycles. The quantitative estimate of drug-likeness (QED) is 0.902. The van der Waals surface area contributed by atoms with Gasteiger partial charge in [0.15, 0.2) is 0 Å². The Bertz CT molecular complexity index is 509. The summed E-state index contributed by atoms with van der Waals surface area (Å²) in [6, 6.07) is 2.20. The Morgan fingerprint density at radius 2 is 2.28 bits per heavy atom. The predicted octanol–water partition coefficient (Wildman–Crippen LogP) is 2.36. The smallest absolute Gasteiger partial charge is 0.0637 e. The Balaban J connectivity index is 2.04. The van der Waals surface area contributed by atoms with Crippen LogP contribution in [0.2, 0.25) is 5.02 Å². The maximum absolute atomic E-state index is 6.16. The second-order valence-corrected chi connectivity index (χ2v) is 4.71. The molecule has 0 saturated carbocycles.